The standard InChI is InChI=1S/C12H13N3OS/c1-2-4-11-9(3-1)5-10(17-11)6-13-7-12-14-8-16-15-12/h1-4,8,10,13H,5-7H2. The average molecular weight is 247 g/mol. The molecule has 0 radical (unpaired) electrons. The summed E-state index contributed by atoms with van der Waals surface area (Å²) in [7, 11) is 0. The molecule has 1 atom stereocenters. The summed E-state index contributed by atoms with van der Waals surface area (Å²) in [4.78, 5) is 5.39. The fourth-order valence-electron chi connectivity index (χ4n) is 1.98. The van der Waals surface area contributed by atoms with E-state index in [-0.39, 0.29) is 0 Å². The van der Waals surface area contributed by atoms with Crippen LogP contribution >= 0.6 is 11.8 Å². The summed E-state index contributed by atoms with van der Waals surface area (Å²) in [5.74, 6) is 0.713. The van der Waals surface area contributed by atoms with Gasteiger partial charge in [0.15, 0.2) is 5.82 Å². The van der Waals surface area contributed by atoms with Crippen molar-refractivity contribution in [2.75, 3.05) is 6.54 Å². The molecule has 1 aromatic heterocycles. The van der Waals surface area contributed by atoms with Crippen LogP contribution in [0.15, 0.2) is 40.1 Å². The topological polar surface area (TPSA) is 51.0 Å². The molecule has 0 saturated carbocycles. The van der Waals surface area contributed by atoms with Crippen LogP contribution in [-0.2, 0) is 13.0 Å². The van der Waals surface area contributed by atoms with Crippen LogP contribution in [0.1, 0.15) is 11.4 Å². The summed E-state index contributed by atoms with van der Waals surface area (Å²) in [6, 6.07) is 8.61. The number of rotatable bonds is 4. The lowest BCUT2D eigenvalue weighted by molar-refractivity contribution is 0.407. The lowest BCUT2D eigenvalue weighted by Gasteiger charge is -2.08. The van der Waals surface area contributed by atoms with Crippen LogP contribution in [-0.4, -0.2) is 21.9 Å². The number of nitrogens with one attached hydrogen (secondary N) is 1. The minimum Gasteiger partial charge on any atom is -0.343 e. The third-order valence-corrected chi connectivity index (χ3v) is 4.09. The maximum Gasteiger partial charge on any atom is 0.213 e. The van der Waals surface area contributed by atoms with Crippen molar-refractivity contribution in [1.29, 1.82) is 0 Å². The molecule has 0 fully saturated rings. The first-order chi connectivity index (χ1) is 8.42. The Balaban J connectivity index is 1.49. The van der Waals surface area contributed by atoms with Gasteiger partial charge < -0.3 is 9.84 Å². The SMILES string of the molecule is c1ccc2c(c1)CC(CNCc1ncon1)S2. The molecule has 2 aromatic rings. The summed E-state index contributed by atoms with van der Waals surface area (Å²) >= 11 is 1.95. The van der Waals surface area contributed by atoms with Gasteiger partial charge in [-0.15, -0.1) is 11.8 Å². The van der Waals surface area contributed by atoms with Crippen molar-refractivity contribution in [3.63, 3.8) is 0 Å². The van der Waals surface area contributed by atoms with Gasteiger partial charge in [-0.1, -0.05) is 23.4 Å². The molecule has 17 heavy (non-hydrogen) atoms. The molecule has 1 aliphatic rings. The average Bonchev–Trinajstić information content (AvgIpc) is 2.96. The third kappa shape index (κ3) is 2.50. The van der Waals surface area contributed by atoms with Crippen LogP contribution in [0.3, 0.4) is 0 Å². The number of fused-ring (bicyclic) bond motifs is 1. The monoisotopic (exact) mass is 247 g/mol. The lowest BCUT2D eigenvalue weighted by Crippen LogP contribution is -2.24. The Bertz CT molecular complexity index is 461. The zero-order valence-electron chi connectivity index (χ0n) is 9.30. The molecule has 0 saturated heterocycles. The lowest BCUT2D eigenvalue weighted by atomic mass is 10.1. The number of hydrogen-bond donors (Lipinski definition) is 1. The van der Waals surface area contributed by atoms with Crippen molar-refractivity contribution < 1.29 is 4.52 Å². The van der Waals surface area contributed by atoms with E-state index in [1.807, 2.05) is 11.8 Å². The van der Waals surface area contributed by atoms with Gasteiger partial charge in [-0.25, -0.2) is 0 Å². The summed E-state index contributed by atoms with van der Waals surface area (Å²) in [5, 5.41) is 7.73. The third-order valence-electron chi connectivity index (χ3n) is 2.78. The van der Waals surface area contributed by atoms with Crippen LogP contribution in [0.2, 0.25) is 0 Å². The number of thioether (sulfide) groups is 1. The Kier molecular flexibility index (Phi) is 3.11. The number of benzene rings is 1. The predicted molar refractivity (Wildman–Crippen MR) is 65.8 cm³/mol. The fraction of sp³-hybridized carbons (Fsp3) is 0.333. The van der Waals surface area contributed by atoms with Crippen LogP contribution in [0, 0.1) is 0 Å². The van der Waals surface area contributed by atoms with Crippen molar-refractivity contribution in [3.05, 3.63) is 42.0 Å². The van der Waals surface area contributed by atoms with E-state index in [1.165, 1.54) is 16.9 Å². The van der Waals surface area contributed by atoms with Crippen LogP contribution in [0.25, 0.3) is 0 Å². The summed E-state index contributed by atoms with van der Waals surface area (Å²) < 4.78 is 4.68. The molecule has 88 valence electrons. The molecule has 0 aliphatic carbocycles. The Labute approximate surface area is 104 Å². The number of aromatic nitrogens is 2. The van der Waals surface area contributed by atoms with Gasteiger partial charge in [0.2, 0.25) is 6.39 Å². The van der Waals surface area contributed by atoms with E-state index < -0.39 is 0 Å². The highest BCUT2D eigenvalue weighted by Crippen LogP contribution is 2.36. The quantitative estimate of drug-likeness (QED) is 0.894. The normalized spacial score (nSPS) is 18.2. The van der Waals surface area contributed by atoms with Crippen LogP contribution < -0.4 is 5.32 Å². The van der Waals surface area contributed by atoms with Gasteiger partial charge in [-0.2, -0.15) is 4.98 Å². The van der Waals surface area contributed by atoms with Crippen molar-refractivity contribution in [3.8, 4) is 0 Å². The number of hydrogen-bond acceptors (Lipinski definition) is 5. The second kappa shape index (κ2) is 4.89. The van der Waals surface area contributed by atoms with E-state index in [0.29, 0.717) is 17.6 Å². The van der Waals surface area contributed by atoms with Gasteiger partial charge in [0.25, 0.3) is 0 Å². The second-order valence-electron chi connectivity index (χ2n) is 4.03. The van der Waals surface area contributed by atoms with Gasteiger partial charge in [-0.05, 0) is 18.1 Å². The first kappa shape index (κ1) is 10.8. The molecule has 1 aromatic carbocycles. The maximum atomic E-state index is 4.68. The van der Waals surface area contributed by atoms with Crippen LogP contribution in [0.4, 0.5) is 0 Å². The van der Waals surface area contributed by atoms with Crippen molar-refractivity contribution in [2.45, 2.75) is 23.1 Å². The molecule has 1 N–H and O–H groups in total. The maximum absolute atomic E-state index is 4.68. The van der Waals surface area contributed by atoms with Gasteiger partial charge in [0.05, 0.1) is 6.54 Å². The zero-order valence-corrected chi connectivity index (χ0v) is 10.1. The van der Waals surface area contributed by atoms with Crippen molar-refractivity contribution in [1.82, 2.24) is 15.5 Å². The predicted octanol–water partition coefficient (Wildman–Crippen LogP) is 1.88. The van der Waals surface area contributed by atoms with Crippen molar-refractivity contribution >= 4 is 11.8 Å². The Morgan fingerprint density at radius 2 is 2.35 bits per heavy atom. The van der Waals surface area contributed by atoms with Gasteiger partial charge in [0, 0.05) is 16.7 Å². The highest BCUT2D eigenvalue weighted by atomic mass is 32.2. The van der Waals surface area contributed by atoms with Crippen LogP contribution in [0.5, 0.6) is 0 Å². The highest BCUT2D eigenvalue weighted by Gasteiger charge is 2.21. The van der Waals surface area contributed by atoms with E-state index in [0.717, 1.165) is 13.0 Å². The molecule has 0 amide bonds. The Morgan fingerprint density at radius 1 is 1.41 bits per heavy atom. The van der Waals surface area contributed by atoms with E-state index in [9.17, 15) is 0 Å². The summed E-state index contributed by atoms with van der Waals surface area (Å²) in [6.07, 6.45) is 2.50. The molecule has 3 rings (SSSR count). The van der Waals surface area contributed by atoms with Gasteiger partial charge >= 0.3 is 0 Å². The molecule has 1 aliphatic heterocycles. The minimum atomic E-state index is 0.610. The molecule has 0 bridgehead atoms. The fourth-order valence-corrected chi connectivity index (χ4v) is 3.27. The summed E-state index contributed by atoms with van der Waals surface area (Å²) in [5.41, 5.74) is 1.46. The zero-order chi connectivity index (χ0) is 11.5. The Morgan fingerprint density at radius 3 is 3.18 bits per heavy atom. The van der Waals surface area contributed by atoms with Crippen molar-refractivity contribution in [2.24, 2.45) is 0 Å². The largest absolute Gasteiger partial charge is 0.343 e. The molecule has 4 nitrogen and oxygen atoms in total. The molecule has 0 spiro atoms. The molecular formula is C12H13N3OS. The molecule has 1 unspecified atom stereocenters. The first-order valence-corrected chi connectivity index (χ1v) is 6.50. The van der Waals surface area contributed by atoms with E-state index in [1.54, 1.807) is 0 Å². The first-order valence-electron chi connectivity index (χ1n) is 5.62. The highest BCUT2D eigenvalue weighted by molar-refractivity contribution is 8.00. The smallest absolute Gasteiger partial charge is 0.213 e. The number of nitrogens with zero attached hydrogens (tertiary/aromatic N) is 2. The molecule has 2 heterocycles. The van der Waals surface area contributed by atoms with E-state index >= 15 is 0 Å². The second-order valence-corrected chi connectivity index (χ2v) is 5.37. The Hall–Kier alpha value is -1.33. The molecular weight excluding hydrogens is 234 g/mol. The van der Waals surface area contributed by atoms with Gasteiger partial charge in [-0.3, -0.25) is 0 Å². The minimum absolute atomic E-state index is 0.610. The van der Waals surface area contributed by atoms with E-state index in [4.69, 9.17) is 0 Å². The molecule has 5 heteroatoms. The van der Waals surface area contributed by atoms with E-state index in [2.05, 4.69) is 44.2 Å². The summed E-state index contributed by atoms with van der Waals surface area (Å²) in [6.45, 7) is 1.64. The van der Waals surface area contributed by atoms with Gasteiger partial charge in [0.1, 0.15) is 0 Å².